The first kappa shape index (κ1) is 15.3. The van der Waals surface area contributed by atoms with Crippen LogP contribution in [0, 0.1) is 15.5 Å². The van der Waals surface area contributed by atoms with Crippen LogP contribution in [-0.2, 0) is 0 Å². The van der Waals surface area contributed by atoms with Gasteiger partial charge in [-0.15, -0.1) is 0 Å². The van der Waals surface area contributed by atoms with Gasteiger partial charge in [0, 0.05) is 12.1 Å². The van der Waals surface area contributed by atoms with Crippen LogP contribution in [0.5, 0.6) is 0 Å². The zero-order chi connectivity index (χ0) is 15.6. The summed E-state index contributed by atoms with van der Waals surface area (Å²) in [6.07, 6.45) is 4.23. The molecular formula is C15H21N3O3. The Morgan fingerprint density at radius 1 is 1.43 bits per heavy atom. The van der Waals surface area contributed by atoms with Crippen LogP contribution in [0.2, 0.25) is 0 Å². The summed E-state index contributed by atoms with van der Waals surface area (Å²) in [6.45, 7) is 4.27. The van der Waals surface area contributed by atoms with E-state index in [1.807, 2.05) is 0 Å². The van der Waals surface area contributed by atoms with E-state index in [2.05, 4.69) is 19.2 Å². The van der Waals surface area contributed by atoms with Gasteiger partial charge in [0.1, 0.15) is 5.69 Å². The molecule has 1 aliphatic rings. The third-order valence-corrected chi connectivity index (χ3v) is 4.34. The minimum Gasteiger partial charge on any atom is -0.393 e. The van der Waals surface area contributed by atoms with Crippen LogP contribution in [0.4, 0.5) is 11.4 Å². The van der Waals surface area contributed by atoms with E-state index >= 15 is 0 Å². The second-order valence-electron chi connectivity index (χ2n) is 6.26. The van der Waals surface area contributed by atoms with Gasteiger partial charge in [-0.05, 0) is 24.3 Å². The lowest BCUT2D eigenvalue weighted by Gasteiger charge is -2.39. The molecule has 1 fully saturated rings. The Bertz CT molecular complexity index is 569. The molecule has 6 heteroatoms. The van der Waals surface area contributed by atoms with Crippen LogP contribution in [0.25, 0.3) is 0 Å². The fourth-order valence-corrected chi connectivity index (χ4v) is 2.91. The van der Waals surface area contributed by atoms with Gasteiger partial charge in [-0.1, -0.05) is 32.8 Å². The molecule has 21 heavy (non-hydrogen) atoms. The van der Waals surface area contributed by atoms with Gasteiger partial charge in [0.2, 0.25) is 0 Å². The van der Waals surface area contributed by atoms with Crippen molar-refractivity contribution in [2.75, 3.05) is 5.73 Å². The molecule has 6 nitrogen and oxygen atoms in total. The molecule has 0 aromatic heterocycles. The molecule has 0 heterocycles. The Balaban J connectivity index is 2.21. The van der Waals surface area contributed by atoms with E-state index in [0.29, 0.717) is 0 Å². The number of amides is 1. The van der Waals surface area contributed by atoms with E-state index < -0.39 is 4.92 Å². The lowest BCUT2D eigenvalue weighted by molar-refractivity contribution is -0.383. The molecule has 114 valence electrons. The summed E-state index contributed by atoms with van der Waals surface area (Å²) in [7, 11) is 0. The third kappa shape index (κ3) is 3.15. The summed E-state index contributed by atoms with van der Waals surface area (Å²) < 4.78 is 0. The summed E-state index contributed by atoms with van der Waals surface area (Å²) in [5, 5.41) is 13.9. The van der Waals surface area contributed by atoms with Gasteiger partial charge in [-0.2, -0.15) is 0 Å². The molecule has 1 aromatic rings. The van der Waals surface area contributed by atoms with Crippen LogP contribution < -0.4 is 11.1 Å². The number of hydrogen-bond donors (Lipinski definition) is 2. The minimum atomic E-state index is -0.573. The number of benzene rings is 1. The van der Waals surface area contributed by atoms with Gasteiger partial charge < -0.3 is 11.1 Å². The summed E-state index contributed by atoms with van der Waals surface area (Å²) in [5.41, 5.74) is 5.65. The van der Waals surface area contributed by atoms with Crippen molar-refractivity contribution in [2.45, 2.75) is 45.6 Å². The predicted molar refractivity (Wildman–Crippen MR) is 81.0 cm³/mol. The maximum absolute atomic E-state index is 12.4. The van der Waals surface area contributed by atoms with E-state index in [-0.39, 0.29) is 34.3 Å². The van der Waals surface area contributed by atoms with Gasteiger partial charge >= 0.3 is 0 Å². The van der Waals surface area contributed by atoms with Gasteiger partial charge in [0.05, 0.1) is 10.5 Å². The predicted octanol–water partition coefficient (Wildman–Crippen LogP) is 2.88. The largest absolute Gasteiger partial charge is 0.393 e. The smallest absolute Gasteiger partial charge is 0.292 e. The van der Waals surface area contributed by atoms with Gasteiger partial charge in [0.25, 0.3) is 11.6 Å². The van der Waals surface area contributed by atoms with E-state index in [1.165, 1.54) is 18.2 Å². The number of nitro groups is 1. The summed E-state index contributed by atoms with van der Waals surface area (Å²) in [5.74, 6) is -0.337. The maximum Gasteiger partial charge on any atom is 0.292 e. The first-order chi connectivity index (χ1) is 9.83. The molecule has 0 aliphatic heterocycles. The monoisotopic (exact) mass is 291 g/mol. The Hall–Kier alpha value is -2.11. The highest BCUT2D eigenvalue weighted by molar-refractivity contribution is 6.01. The van der Waals surface area contributed by atoms with Crippen molar-refractivity contribution < 1.29 is 9.72 Å². The Morgan fingerprint density at radius 3 is 2.76 bits per heavy atom. The van der Waals surface area contributed by atoms with Gasteiger partial charge in [0.15, 0.2) is 0 Å². The molecule has 1 saturated carbocycles. The number of anilines is 1. The molecule has 2 rings (SSSR count). The summed E-state index contributed by atoms with van der Waals surface area (Å²) in [6, 6.07) is 4.37. The fourth-order valence-electron chi connectivity index (χ4n) is 2.91. The average molecular weight is 291 g/mol. The van der Waals surface area contributed by atoms with Crippen LogP contribution in [-0.4, -0.2) is 16.9 Å². The van der Waals surface area contributed by atoms with Crippen LogP contribution in [0.1, 0.15) is 49.9 Å². The van der Waals surface area contributed by atoms with Gasteiger partial charge in [-0.25, -0.2) is 0 Å². The molecule has 1 aliphatic carbocycles. The van der Waals surface area contributed by atoms with Gasteiger partial charge in [-0.3, -0.25) is 14.9 Å². The zero-order valence-corrected chi connectivity index (χ0v) is 12.4. The highest BCUT2D eigenvalue weighted by atomic mass is 16.6. The number of nitrogens with one attached hydrogen (secondary N) is 1. The van der Waals surface area contributed by atoms with Crippen LogP contribution >= 0.6 is 0 Å². The number of hydrogen-bond acceptors (Lipinski definition) is 4. The van der Waals surface area contributed by atoms with Crippen molar-refractivity contribution in [1.29, 1.82) is 0 Å². The van der Waals surface area contributed by atoms with Crippen molar-refractivity contribution in [2.24, 2.45) is 5.41 Å². The first-order valence-electron chi connectivity index (χ1n) is 7.16. The Labute approximate surface area is 123 Å². The number of para-hydroxylation sites is 1. The third-order valence-electron chi connectivity index (χ3n) is 4.34. The number of nitrogens with zero attached hydrogens (tertiary/aromatic N) is 1. The van der Waals surface area contributed by atoms with E-state index in [1.54, 1.807) is 0 Å². The fraction of sp³-hybridized carbons (Fsp3) is 0.533. The molecule has 0 radical (unpaired) electrons. The Kier molecular flexibility index (Phi) is 4.16. The summed E-state index contributed by atoms with van der Waals surface area (Å²) in [4.78, 5) is 22.7. The second kappa shape index (κ2) is 5.71. The normalized spacial score (nSPS) is 20.8. The maximum atomic E-state index is 12.4. The standard InChI is InChI=1S/C15H21N3O3/c1-15(2)9-4-3-8-12(15)17-14(19)10-6-5-7-11(13(10)16)18(20)21/h5-7,12H,3-4,8-9,16H2,1-2H3,(H,17,19). The minimum absolute atomic E-state index is 0.0311. The van der Waals surface area contributed by atoms with Crippen molar-refractivity contribution in [1.82, 2.24) is 5.32 Å². The second-order valence-corrected chi connectivity index (χ2v) is 6.26. The molecule has 1 amide bonds. The number of nitrogen functional groups attached to an aromatic ring is 1. The Morgan fingerprint density at radius 2 is 2.14 bits per heavy atom. The number of carbonyl (C=O) groups excluding carboxylic acids is 1. The summed E-state index contributed by atoms with van der Waals surface area (Å²) >= 11 is 0. The SMILES string of the molecule is CC1(C)CCCCC1NC(=O)c1cccc([N+](=O)[O-])c1N. The average Bonchev–Trinajstić information content (AvgIpc) is 2.40. The van der Waals surface area contributed by atoms with E-state index in [9.17, 15) is 14.9 Å². The van der Waals surface area contributed by atoms with Crippen molar-refractivity contribution in [3.63, 3.8) is 0 Å². The van der Waals surface area contributed by atoms with Crippen molar-refractivity contribution >= 4 is 17.3 Å². The molecule has 0 saturated heterocycles. The quantitative estimate of drug-likeness (QED) is 0.508. The van der Waals surface area contributed by atoms with E-state index in [4.69, 9.17) is 5.73 Å². The molecular weight excluding hydrogens is 270 g/mol. The lowest BCUT2D eigenvalue weighted by atomic mass is 9.73. The van der Waals surface area contributed by atoms with Crippen molar-refractivity contribution in [3.8, 4) is 0 Å². The molecule has 1 unspecified atom stereocenters. The molecule has 0 bridgehead atoms. The number of nitro benzene ring substituents is 1. The molecule has 1 atom stereocenters. The highest BCUT2D eigenvalue weighted by Crippen LogP contribution is 2.36. The van der Waals surface area contributed by atoms with E-state index in [0.717, 1.165) is 25.7 Å². The molecule has 3 N–H and O–H groups in total. The van der Waals surface area contributed by atoms with Crippen molar-refractivity contribution in [3.05, 3.63) is 33.9 Å². The number of rotatable bonds is 3. The molecule has 1 aromatic carbocycles. The zero-order valence-electron chi connectivity index (χ0n) is 12.4. The highest BCUT2D eigenvalue weighted by Gasteiger charge is 2.33. The molecule has 0 spiro atoms. The topological polar surface area (TPSA) is 98.3 Å². The lowest BCUT2D eigenvalue weighted by Crippen LogP contribution is -2.46. The first-order valence-corrected chi connectivity index (χ1v) is 7.16. The number of nitrogens with two attached hydrogens (primary N) is 1. The van der Waals surface area contributed by atoms with Crippen LogP contribution in [0.3, 0.4) is 0 Å². The number of carbonyl (C=O) groups is 1. The van der Waals surface area contributed by atoms with Crippen LogP contribution in [0.15, 0.2) is 18.2 Å².